The lowest BCUT2D eigenvalue weighted by atomic mass is 9.80. The Balaban J connectivity index is 1.88. The summed E-state index contributed by atoms with van der Waals surface area (Å²) in [4.78, 5) is 0. The van der Waals surface area contributed by atoms with Gasteiger partial charge in [0.15, 0.2) is 0 Å². The van der Waals surface area contributed by atoms with Crippen LogP contribution < -0.4 is 5.32 Å². The SMILES string of the molecule is CC(NCc1ccc(F)cc1Br)C1CCC1. The summed E-state index contributed by atoms with van der Waals surface area (Å²) in [6, 6.07) is 5.42. The van der Waals surface area contributed by atoms with Gasteiger partial charge in [0.05, 0.1) is 0 Å². The standard InChI is InChI=1S/C13H17BrFN/c1-9(10-3-2-4-10)16-8-11-5-6-12(15)7-13(11)14/h5-7,9-10,16H,2-4,8H2,1H3. The Bertz CT molecular complexity index is 363. The molecule has 0 aromatic heterocycles. The third-order valence-corrected chi connectivity index (χ3v) is 4.22. The maximum Gasteiger partial charge on any atom is 0.124 e. The maximum absolute atomic E-state index is 12.9. The molecule has 1 unspecified atom stereocenters. The fourth-order valence-corrected chi connectivity index (χ4v) is 2.53. The van der Waals surface area contributed by atoms with Crippen molar-refractivity contribution in [2.24, 2.45) is 5.92 Å². The van der Waals surface area contributed by atoms with Gasteiger partial charge in [-0.05, 0) is 43.4 Å². The van der Waals surface area contributed by atoms with Crippen molar-refractivity contribution in [1.82, 2.24) is 5.32 Å². The van der Waals surface area contributed by atoms with Crippen molar-refractivity contribution in [3.8, 4) is 0 Å². The Kier molecular flexibility index (Phi) is 3.98. The fourth-order valence-electron chi connectivity index (χ4n) is 2.04. The van der Waals surface area contributed by atoms with Crippen LogP contribution in [0.3, 0.4) is 0 Å². The summed E-state index contributed by atoms with van der Waals surface area (Å²) in [5.41, 5.74) is 1.12. The molecule has 1 N–H and O–H groups in total. The Labute approximate surface area is 105 Å². The lowest BCUT2D eigenvalue weighted by Crippen LogP contribution is -2.36. The predicted octanol–water partition coefficient (Wildman–Crippen LogP) is 3.87. The third kappa shape index (κ3) is 2.83. The first-order valence-corrected chi connectivity index (χ1v) is 6.63. The summed E-state index contributed by atoms with van der Waals surface area (Å²) in [5.74, 6) is 0.641. The first kappa shape index (κ1) is 12.1. The number of hydrogen-bond donors (Lipinski definition) is 1. The van der Waals surface area contributed by atoms with E-state index in [2.05, 4.69) is 28.2 Å². The van der Waals surface area contributed by atoms with E-state index >= 15 is 0 Å². The monoisotopic (exact) mass is 285 g/mol. The molecule has 0 amide bonds. The number of halogens is 2. The topological polar surface area (TPSA) is 12.0 Å². The summed E-state index contributed by atoms with van der Waals surface area (Å²) in [7, 11) is 0. The first-order valence-electron chi connectivity index (χ1n) is 5.84. The van der Waals surface area contributed by atoms with Crippen molar-refractivity contribution in [3.05, 3.63) is 34.1 Å². The third-order valence-electron chi connectivity index (χ3n) is 3.49. The largest absolute Gasteiger partial charge is 0.310 e. The van der Waals surface area contributed by atoms with E-state index in [1.54, 1.807) is 0 Å². The molecule has 1 saturated carbocycles. The zero-order valence-corrected chi connectivity index (χ0v) is 11.1. The molecular formula is C13H17BrFN. The van der Waals surface area contributed by atoms with Gasteiger partial charge in [0.1, 0.15) is 5.82 Å². The van der Waals surface area contributed by atoms with E-state index < -0.39 is 0 Å². The van der Waals surface area contributed by atoms with Crippen LogP contribution in [0.4, 0.5) is 4.39 Å². The van der Waals surface area contributed by atoms with Gasteiger partial charge in [-0.25, -0.2) is 4.39 Å². The lowest BCUT2D eigenvalue weighted by molar-refractivity contribution is 0.240. The van der Waals surface area contributed by atoms with Crippen molar-refractivity contribution in [2.75, 3.05) is 0 Å². The number of nitrogens with one attached hydrogen (secondary N) is 1. The highest BCUT2D eigenvalue weighted by molar-refractivity contribution is 9.10. The van der Waals surface area contributed by atoms with E-state index in [0.717, 1.165) is 22.5 Å². The molecule has 0 bridgehead atoms. The molecule has 1 fully saturated rings. The van der Waals surface area contributed by atoms with Gasteiger partial charge in [0, 0.05) is 17.1 Å². The number of benzene rings is 1. The van der Waals surface area contributed by atoms with Gasteiger partial charge in [-0.1, -0.05) is 28.4 Å². The predicted molar refractivity (Wildman–Crippen MR) is 67.7 cm³/mol. The zero-order chi connectivity index (χ0) is 11.5. The van der Waals surface area contributed by atoms with Crippen LogP contribution in [0.25, 0.3) is 0 Å². The van der Waals surface area contributed by atoms with Crippen LogP contribution in [0.2, 0.25) is 0 Å². The molecule has 16 heavy (non-hydrogen) atoms. The van der Waals surface area contributed by atoms with Gasteiger partial charge in [-0.3, -0.25) is 0 Å². The smallest absolute Gasteiger partial charge is 0.124 e. The van der Waals surface area contributed by atoms with Gasteiger partial charge in [-0.15, -0.1) is 0 Å². The Morgan fingerprint density at radius 1 is 1.50 bits per heavy atom. The number of hydrogen-bond acceptors (Lipinski definition) is 1. The minimum absolute atomic E-state index is 0.192. The first-order chi connectivity index (χ1) is 7.66. The molecule has 0 aliphatic heterocycles. The Morgan fingerprint density at radius 3 is 2.81 bits per heavy atom. The highest BCUT2D eigenvalue weighted by Crippen LogP contribution is 2.29. The van der Waals surface area contributed by atoms with Gasteiger partial charge in [-0.2, -0.15) is 0 Å². The Morgan fingerprint density at radius 2 is 2.25 bits per heavy atom. The second kappa shape index (κ2) is 5.28. The second-order valence-electron chi connectivity index (χ2n) is 4.60. The van der Waals surface area contributed by atoms with Gasteiger partial charge in [0.2, 0.25) is 0 Å². The minimum atomic E-state index is -0.192. The van der Waals surface area contributed by atoms with Crippen LogP contribution in [0.5, 0.6) is 0 Å². The molecule has 0 saturated heterocycles. The molecule has 88 valence electrons. The molecule has 3 heteroatoms. The quantitative estimate of drug-likeness (QED) is 0.886. The molecular weight excluding hydrogens is 269 g/mol. The molecule has 1 aromatic rings. The van der Waals surface area contributed by atoms with E-state index in [0.29, 0.717) is 6.04 Å². The van der Waals surface area contributed by atoms with Gasteiger partial charge in [0.25, 0.3) is 0 Å². The van der Waals surface area contributed by atoms with Crippen LogP contribution in [0.15, 0.2) is 22.7 Å². The van der Waals surface area contributed by atoms with Gasteiger partial charge >= 0.3 is 0 Å². The van der Waals surface area contributed by atoms with Crippen LogP contribution >= 0.6 is 15.9 Å². The Hall–Kier alpha value is -0.410. The van der Waals surface area contributed by atoms with E-state index in [9.17, 15) is 4.39 Å². The second-order valence-corrected chi connectivity index (χ2v) is 5.45. The average molecular weight is 286 g/mol. The summed E-state index contributed by atoms with van der Waals surface area (Å²) in [6.07, 6.45) is 4.06. The van der Waals surface area contributed by atoms with E-state index in [1.807, 2.05) is 6.07 Å². The number of rotatable bonds is 4. The van der Waals surface area contributed by atoms with Crippen molar-refractivity contribution >= 4 is 15.9 Å². The zero-order valence-electron chi connectivity index (χ0n) is 9.47. The summed E-state index contributed by atoms with van der Waals surface area (Å²) in [5, 5.41) is 3.51. The molecule has 1 aromatic carbocycles. The molecule has 1 nitrogen and oxygen atoms in total. The maximum atomic E-state index is 12.9. The molecule has 1 aliphatic rings. The van der Waals surface area contributed by atoms with E-state index in [1.165, 1.54) is 31.4 Å². The van der Waals surface area contributed by atoms with Crippen LogP contribution in [0, 0.1) is 11.7 Å². The average Bonchev–Trinajstić information content (AvgIpc) is 2.13. The summed E-state index contributed by atoms with van der Waals surface area (Å²) in [6.45, 7) is 3.04. The molecule has 2 rings (SSSR count). The van der Waals surface area contributed by atoms with E-state index in [4.69, 9.17) is 0 Å². The van der Waals surface area contributed by atoms with Crippen molar-refractivity contribution < 1.29 is 4.39 Å². The lowest BCUT2D eigenvalue weighted by Gasteiger charge is -2.32. The minimum Gasteiger partial charge on any atom is -0.310 e. The summed E-state index contributed by atoms with van der Waals surface area (Å²) >= 11 is 3.39. The van der Waals surface area contributed by atoms with E-state index in [-0.39, 0.29) is 5.82 Å². The van der Waals surface area contributed by atoms with Gasteiger partial charge < -0.3 is 5.32 Å². The van der Waals surface area contributed by atoms with Crippen LogP contribution in [0.1, 0.15) is 31.7 Å². The molecule has 0 radical (unpaired) electrons. The normalized spacial score (nSPS) is 18.2. The van der Waals surface area contributed by atoms with Crippen molar-refractivity contribution in [2.45, 2.75) is 38.8 Å². The molecule has 1 aliphatic carbocycles. The van der Waals surface area contributed by atoms with Crippen LogP contribution in [-0.4, -0.2) is 6.04 Å². The fraction of sp³-hybridized carbons (Fsp3) is 0.538. The summed E-state index contributed by atoms with van der Waals surface area (Å²) < 4.78 is 13.7. The van der Waals surface area contributed by atoms with Crippen LogP contribution in [-0.2, 0) is 6.54 Å². The van der Waals surface area contributed by atoms with Crippen molar-refractivity contribution in [1.29, 1.82) is 0 Å². The molecule has 0 spiro atoms. The highest BCUT2D eigenvalue weighted by atomic mass is 79.9. The molecule has 1 atom stereocenters. The highest BCUT2D eigenvalue weighted by Gasteiger charge is 2.23. The molecule has 0 heterocycles. The van der Waals surface area contributed by atoms with Crippen molar-refractivity contribution in [3.63, 3.8) is 0 Å².